The minimum Gasteiger partial charge on any atom is -0.444 e. The zero-order valence-electron chi connectivity index (χ0n) is 13.8. The van der Waals surface area contributed by atoms with Crippen LogP contribution >= 0.6 is 0 Å². The Bertz CT molecular complexity index is 711. The van der Waals surface area contributed by atoms with E-state index in [1.165, 1.54) is 22.9 Å². The summed E-state index contributed by atoms with van der Waals surface area (Å²) in [6.45, 7) is 0.182. The van der Waals surface area contributed by atoms with Crippen LogP contribution in [0.5, 0.6) is 0 Å². The molecule has 1 aliphatic heterocycles. The van der Waals surface area contributed by atoms with E-state index in [2.05, 4.69) is 5.32 Å². The zero-order valence-corrected chi connectivity index (χ0v) is 14.6. The molecule has 1 aliphatic rings. The highest BCUT2D eigenvalue weighted by atomic mass is 32.2. The number of benzene rings is 1. The number of nitrogens with zero attached hydrogens (tertiary/aromatic N) is 1. The van der Waals surface area contributed by atoms with Crippen LogP contribution in [0.4, 0.5) is 16.2 Å². The number of cyclic esters (lactones) is 1. The van der Waals surface area contributed by atoms with Crippen LogP contribution in [0.15, 0.2) is 18.2 Å². The van der Waals surface area contributed by atoms with Gasteiger partial charge in [-0.05, 0) is 18.2 Å². The number of hydrogen-bond donors (Lipinski definition) is 4. The maximum absolute atomic E-state index is 12.1. The van der Waals surface area contributed by atoms with Crippen molar-refractivity contribution in [1.82, 2.24) is 5.48 Å². The van der Waals surface area contributed by atoms with Crippen LogP contribution in [0.2, 0.25) is 0 Å². The molecule has 4 N–H and O–H groups in total. The van der Waals surface area contributed by atoms with Crippen molar-refractivity contribution >= 4 is 40.4 Å². The summed E-state index contributed by atoms with van der Waals surface area (Å²) < 4.78 is 16.9. The van der Waals surface area contributed by atoms with Gasteiger partial charge in [-0.2, -0.15) is 0 Å². The third-order valence-electron chi connectivity index (χ3n) is 3.93. The van der Waals surface area contributed by atoms with Gasteiger partial charge in [-0.15, -0.1) is 0 Å². The molecule has 1 heterocycles. The maximum atomic E-state index is 12.1. The molecule has 0 aromatic heterocycles. The molecule has 0 aliphatic carbocycles. The van der Waals surface area contributed by atoms with Crippen LogP contribution in [0, 0.1) is 5.41 Å². The average molecular weight is 368 g/mol. The Balaban J connectivity index is 2.16. The number of amides is 2. The van der Waals surface area contributed by atoms with Crippen molar-refractivity contribution in [2.24, 2.45) is 0 Å². The van der Waals surface area contributed by atoms with Crippen LogP contribution in [0.1, 0.15) is 12.0 Å². The summed E-state index contributed by atoms with van der Waals surface area (Å²) in [5, 5.41) is 18.2. The quantitative estimate of drug-likeness (QED) is 0.318. The summed E-state index contributed by atoms with van der Waals surface area (Å²) >= 11 is 0. The standard InChI is InChI=1S/C15H20N4O5S/c1-17-12-4-3-10(5-9(12)7-16)19-8-11(24-15(19)21)6-13(25(2)23)14(20)18-22/h3-5,7,11,13,16-17,22H,6,8H2,1-2H3,(H,18,20). The Labute approximate surface area is 147 Å². The predicted octanol–water partition coefficient (Wildman–Crippen LogP) is 0.694. The molecule has 25 heavy (non-hydrogen) atoms. The van der Waals surface area contributed by atoms with Crippen LogP contribution < -0.4 is 15.7 Å². The highest BCUT2D eigenvalue weighted by molar-refractivity contribution is 7.85. The van der Waals surface area contributed by atoms with E-state index in [1.54, 1.807) is 25.2 Å². The molecule has 136 valence electrons. The molecule has 0 radical (unpaired) electrons. The molecule has 1 saturated heterocycles. The molecule has 1 aromatic rings. The van der Waals surface area contributed by atoms with E-state index in [4.69, 9.17) is 15.4 Å². The summed E-state index contributed by atoms with van der Waals surface area (Å²) in [6.07, 6.45) is 1.34. The van der Waals surface area contributed by atoms with Crippen molar-refractivity contribution in [3.63, 3.8) is 0 Å². The number of ether oxygens (including phenoxy) is 1. The summed E-state index contributed by atoms with van der Waals surface area (Å²) in [5.74, 6) is -0.778. The fraction of sp³-hybridized carbons (Fsp3) is 0.400. The number of anilines is 2. The smallest absolute Gasteiger partial charge is 0.414 e. The van der Waals surface area contributed by atoms with Crippen molar-refractivity contribution < 1.29 is 23.7 Å². The monoisotopic (exact) mass is 368 g/mol. The highest BCUT2D eigenvalue weighted by Crippen LogP contribution is 2.27. The normalized spacial score (nSPS) is 19.1. The van der Waals surface area contributed by atoms with E-state index in [9.17, 15) is 13.8 Å². The largest absolute Gasteiger partial charge is 0.444 e. The Kier molecular flexibility index (Phi) is 6.10. The third kappa shape index (κ3) is 4.15. The van der Waals surface area contributed by atoms with Gasteiger partial charge in [-0.3, -0.25) is 19.1 Å². The average Bonchev–Trinajstić information content (AvgIpc) is 2.98. The number of carbonyl (C=O) groups is 2. The molecule has 1 fully saturated rings. The van der Waals surface area contributed by atoms with E-state index >= 15 is 0 Å². The maximum Gasteiger partial charge on any atom is 0.414 e. The first kappa shape index (κ1) is 18.9. The summed E-state index contributed by atoms with van der Waals surface area (Å²) in [6, 6.07) is 5.15. The Morgan fingerprint density at radius 3 is 2.88 bits per heavy atom. The number of rotatable bonds is 7. The van der Waals surface area contributed by atoms with Crippen molar-refractivity contribution in [2.75, 3.05) is 30.1 Å². The van der Waals surface area contributed by atoms with Gasteiger partial charge >= 0.3 is 6.09 Å². The van der Waals surface area contributed by atoms with Gasteiger partial charge in [0, 0.05) is 53.7 Å². The van der Waals surface area contributed by atoms with E-state index in [-0.39, 0.29) is 13.0 Å². The van der Waals surface area contributed by atoms with Gasteiger partial charge in [-0.1, -0.05) is 0 Å². The Morgan fingerprint density at radius 2 is 2.32 bits per heavy atom. The molecular weight excluding hydrogens is 348 g/mol. The Morgan fingerprint density at radius 1 is 1.60 bits per heavy atom. The van der Waals surface area contributed by atoms with E-state index in [1.807, 2.05) is 0 Å². The lowest BCUT2D eigenvalue weighted by Gasteiger charge is -2.17. The first-order valence-corrected chi connectivity index (χ1v) is 9.10. The lowest BCUT2D eigenvalue weighted by molar-refractivity contribution is -0.129. The molecule has 0 saturated carbocycles. The third-order valence-corrected chi connectivity index (χ3v) is 5.13. The zero-order chi connectivity index (χ0) is 18.6. The minimum absolute atomic E-state index is 0.0315. The molecule has 10 heteroatoms. The van der Waals surface area contributed by atoms with Crippen molar-refractivity contribution in [3.05, 3.63) is 23.8 Å². The molecule has 0 spiro atoms. The number of carbonyl (C=O) groups excluding carboxylic acids is 2. The van der Waals surface area contributed by atoms with Gasteiger partial charge in [0.05, 0.1) is 6.54 Å². The predicted molar refractivity (Wildman–Crippen MR) is 93.9 cm³/mol. The van der Waals surface area contributed by atoms with Crippen LogP contribution in [0.25, 0.3) is 0 Å². The van der Waals surface area contributed by atoms with Crippen molar-refractivity contribution in [2.45, 2.75) is 17.8 Å². The number of hydrogen-bond acceptors (Lipinski definition) is 7. The lowest BCUT2D eigenvalue weighted by atomic mass is 10.1. The summed E-state index contributed by atoms with van der Waals surface area (Å²) in [4.78, 5) is 25.1. The van der Waals surface area contributed by atoms with Crippen LogP contribution in [0.3, 0.4) is 0 Å². The second-order valence-electron chi connectivity index (χ2n) is 5.48. The summed E-state index contributed by atoms with van der Waals surface area (Å²) in [7, 11) is 0.210. The van der Waals surface area contributed by atoms with Crippen molar-refractivity contribution in [3.8, 4) is 0 Å². The second-order valence-corrected chi connectivity index (χ2v) is 7.05. The van der Waals surface area contributed by atoms with Gasteiger partial charge < -0.3 is 15.5 Å². The molecule has 0 bridgehead atoms. The van der Waals surface area contributed by atoms with Crippen molar-refractivity contribution in [1.29, 1.82) is 5.41 Å². The molecule has 3 unspecified atom stereocenters. The lowest BCUT2D eigenvalue weighted by Crippen LogP contribution is -2.38. The van der Waals surface area contributed by atoms with Gasteiger partial charge in [0.2, 0.25) is 0 Å². The van der Waals surface area contributed by atoms with E-state index in [0.29, 0.717) is 11.3 Å². The van der Waals surface area contributed by atoms with Gasteiger partial charge in [0.25, 0.3) is 5.91 Å². The fourth-order valence-electron chi connectivity index (χ4n) is 2.62. The number of nitrogens with one attached hydrogen (secondary N) is 3. The molecule has 3 atom stereocenters. The summed E-state index contributed by atoms with van der Waals surface area (Å²) in [5.41, 5.74) is 3.41. The van der Waals surface area contributed by atoms with Gasteiger partial charge in [0.1, 0.15) is 11.4 Å². The topological polar surface area (TPSA) is 132 Å². The minimum atomic E-state index is -1.53. The van der Waals surface area contributed by atoms with E-state index in [0.717, 1.165) is 5.69 Å². The van der Waals surface area contributed by atoms with Crippen LogP contribution in [-0.4, -0.2) is 58.8 Å². The molecule has 2 rings (SSSR count). The Hall–Kier alpha value is -2.46. The first-order chi connectivity index (χ1) is 11.9. The molecule has 1 aromatic carbocycles. The molecule has 9 nitrogen and oxygen atoms in total. The van der Waals surface area contributed by atoms with E-state index < -0.39 is 34.2 Å². The molecule has 2 amide bonds. The van der Waals surface area contributed by atoms with Gasteiger partial charge in [-0.25, -0.2) is 10.3 Å². The van der Waals surface area contributed by atoms with Crippen LogP contribution in [-0.2, 0) is 20.3 Å². The van der Waals surface area contributed by atoms with Gasteiger partial charge in [0.15, 0.2) is 0 Å². The fourth-order valence-corrected chi connectivity index (χ4v) is 3.46. The number of hydroxylamine groups is 1. The molecular formula is C15H20N4O5S. The second kappa shape index (κ2) is 8.08. The SMILES string of the molecule is CNc1ccc(N2CC(CC(C(=O)NO)S(C)=O)OC2=O)cc1C=N. The highest BCUT2D eigenvalue weighted by Gasteiger charge is 2.36. The first-order valence-electron chi connectivity index (χ1n) is 7.47.